The summed E-state index contributed by atoms with van der Waals surface area (Å²) in [6.07, 6.45) is 2.33. The Bertz CT molecular complexity index is 1140. The van der Waals surface area contributed by atoms with Gasteiger partial charge in [0.2, 0.25) is 10.0 Å². The molecule has 0 aromatic heterocycles. The second-order valence-corrected chi connectivity index (χ2v) is 14.1. The van der Waals surface area contributed by atoms with Crippen molar-refractivity contribution in [3.63, 3.8) is 0 Å². The normalized spacial score (nSPS) is 22.6. The third-order valence-electron chi connectivity index (χ3n) is 7.02. The van der Waals surface area contributed by atoms with Crippen molar-refractivity contribution < 1.29 is 17.6 Å². The molecule has 0 radical (unpaired) electrons. The van der Waals surface area contributed by atoms with E-state index in [1.54, 1.807) is 22.5 Å². The van der Waals surface area contributed by atoms with Crippen LogP contribution in [-0.4, -0.2) is 67.6 Å². The van der Waals surface area contributed by atoms with Crippen LogP contribution in [0.15, 0.2) is 53.4 Å². The van der Waals surface area contributed by atoms with Crippen LogP contribution >= 0.6 is 23.5 Å². The molecule has 3 aliphatic rings. The zero-order chi connectivity index (χ0) is 23.8. The predicted molar refractivity (Wildman–Crippen MR) is 136 cm³/mol. The summed E-state index contributed by atoms with van der Waals surface area (Å²) in [5.41, 5.74) is 1.53. The first-order valence-electron chi connectivity index (χ1n) is 11.8. The summed E-state index contributed by atoms with van der Waals surface area (Å²) in [6.45, 7) is 3.49. The number of sulfonamides is 1. The van der Waals surface area contributed by atoms with Gasteiger partial charge in [-0.3, -0.25) is 4.79 Å². The van der Waals surface area contributed by atoms with Crippen LogP contribution in [0.3, 0.4) is 0 Å². The van der Waals surface area contributed by atoms with Crippen molar-refractivity contribution in [1.82, 2.24) is 9.21 Å². The highest BCUT2D eigenvalue weighted by atomic mass is 32.2. The van der Waals surface area contributed by atoms with Gasteiger partial charge in [-0.15, -0.1) is 23.5 Å². The lowest BCUT2D eigenvalue weighted by Gasteiger charge is -2.40. The SMILES string of the molecule is O=C(c1ccc(F)cc1)C1CCN(CCCN2CC3(SCCS3)c3ccccc3S2(=O)=O)CC1. The Morgan fingerprint density at radius 1 is 1.00 bits per heavy atom. The maximum atomic E-state index is 13.3. The molecule has 2 aromatic carbocycles. The largest absolute Gasteiger partial charge is 0.303 e. The molecule has 2 saturated heterocycles. The molecule has 5 rings (SSSR count). The number of thioether (sulfide) groups is 2. The van der Waals surface area contributed by atoms with E-state index in [9.17, 15) is 17.6 Å². The molecule has 0 atom stereocenters. The number of rotatable bonds is 6. The van der Waals surface area contributed by atoms with Gasteiger partial charge in [-0.05, 0) is 74.8 Å². The molecule has 2 aromatic rings. The van der Waals surface area contributed by atoms with E-state index in [4.69, 9.17) is 0 Å². The first kappa shape index (κ1) is 24.3. The lowest BCUT2D eigenvalue weighted by atomic mass is 9.89. The number of ketones is 1. The molecule has 0 aliphatic carbocycles. The topological polar surface area (TPSA) is 57.7 Å². The van der Waals surface area contributed by atoms with Crippen molar-refractivity contribution in [2.45, 2.75) is 28.2 Å². The minimum atomic E-state index is -3.49. The molecule has 34 heavy (non-hydrogen) atoms. The standard InChI is InChI=1S/C25H29FN2O3S3/c26-21-8-6-19(7-9-21)24(29)20-10-14-27(15-11-20)12-3-13-28-18-25(32-16-17-33-25)22-4-1-2-5-23(22)34(28,30)31/h1-2,4-9,20H,3,10-18H2. The molecule has 0 saturated carbocycles. The number of nitrogens with zero attached hydrogens (tertiary/aromatic N) is 2. The Labute approximate surface area is 209 Å². The second-order valence-electron chi connectivity index (χ2n) is 9.13. The summed E-state index contributed by atoms with van der Waals surface area (Å²) in [4.78, 5) is 15.5. The number of halogens is 1. The van der Waals surface area contributed by atoms with E-state index in [-0.39, 0.29) is 21.6 Å². The predicted octanol–water partition coefficient (Wildman–Crippen LogP) is 4.45. The van der Waals surface area contributed by atoms with Gasteiger partial charge in [0.1, 0.15) is 9.90 Å². The summed E-state index contributed by atoms with van der Waals surface area (Å²) in [5, 5.41) is 0. The Morgan fingerprint density at radius 2 is 1.68 bits per heavy atom. The van der Waals surface area contributed by atoms with Gasteiger partial charge in [0.05, 0.1) is 4.90 Å². The molecule has 1 spiro atoms. The Morgan fingerprint density at radius 3 is 2.38 bits per heavy atom. The first-order chi connectivity index (χ1) is 16.4. The number of piperidine rings is 1. The lowest BCUT2D eigenvalue weighted by Crippen LogP contribution is -2.46. The van der Waals surface area contributed by atoms with Gasteiger partial charge in [0.15, 0.2) is 5.78 Å². The molecule has 0 amide bonds. The van der Waals surface area contributed by atoms with E-state index in [2.05, 4.69) is 4.90 Å². The van der Waals surface area contributed by atoms with Crippen LogP contribution in [0.1, 0.15) is 35.2 Å². The molecule has 3 aliphatic heterocycles. The Balaban J connectivity index is 1.17. The van der Waals surface area contributed by atoms with Crippen LogP contribution < -0.4 is 0 Å². The van der Waals surface area contributed by atoms with E-state index >= 15 is 0 Å². The average molecular weight is 521 g/mol. The number of fused-ring (bicyclic) bond motifs is 2. The van der Waals surface area contributed by atoms with Crippen LogP contribution in [0.25, 0.3) is 0 Å². The second kappa shape index (κ2) is 9.93. The molecule has 2 fully saturated rings. The maximum absolute atomic E-state index is 13.3. The number of carbonyl (C=O) groups excluding carboxylic acids is 1. The zero-order valence-corrected chi connectivity index (χ0v) is 21.4. The number of carbonyl (C=O) groups is 1. The molecule has 9 heteroatoms. The third kappa shape index (κ3) is 4.69. The maximum Gasteiger partial charge on any atom is 0.243 e. The lowest BCUT2D eigenvalue weighted by molar-refractivity contribution is 0.0838. The van der Waals surface area contributed by atoms with E-state index < -0.39 is 10.0 Å². The van der Waals surface area contributed by atoms with E-state index in [0.717, 1.165) is 56.0 Å². The van der Waals surface area contributed by atoms with Crippen LogP contribution in [-0.2, 0) is 14.1 Å². The molecule has 5 nitrogen and oxygen atoms in total. The summed E-state index contributed by atoms with van der Waals surface area (Å²) in [7, 11) is -3.49. The molecule has 3 heterocycles. The van der Waals surface area contributed by atoms with Gasteiger partial charge in [-0.2, -0.15) is 4.31 Å². The fourth-order valence-electron chi connectivity index (χ4n) is 5.19. The summed E-state index contributed by atoms with van der Waals surface area (Å²) in [5.74, 6) is 1.81. The van der Waals surface area contributed by atoms with E-state index in [1.165, 1.54) is 12.1 Å². The fraction of sp³-hybridized carbons (Fsp3) is 0.480. The highest BCUT2D eigenvalue weighted by molar-refractivity contribution is 8.20. The fourth-order valence-corrected chi connectivity index (χ4v) is 10.6. The molecule has 0 N–H and O–H groups in total. The Hall–Kier alpha value is -1.39. The average Bonchev–Trinajstić information content (AvgIpc) is 3.32. The molecular weight excluding hydrogens is 491 g/mol. The minimum Gasteiger partial charge on any atom is -0.303 e. The quantitative estimate of drug-likeness (QED) is 0.525. The molecule has 182 valence electrons. The highest BCUT2D eigenvalue weighted by Crippen LogP contribution is 2.56. The van der Waals surface area contributed by atoms with Crippen LogP contribution in [0, 0.1) is 11.7 Å². The van der Waals surface area contributed by atoms with Crippen molar-refractivity contribution in [3.05, 3.63) is 65.5 Å². The van der Waals surface area contributed by atoms with Crippen LogP contribution in [0.4, 0.5) is 4.39 Å². The zero-order valence-electron chi connectivity index (χ0n) is 19.0. The van der Waals surface area contributed by atoms with Gasteiger partial charge < -0.3 is 4.90 Å². The number of hydrogen-bond donors (Lipinski definition) is 0. The molecular formula is C25H29FN2O3S3. The smallest absolute Gasteiger partial charge is 0.243 e. The summed E-state index contributed by atoms with van der Waals surface area (Å²) in [6, 6.07) is 13.3. The van der Waals surface area contributed by atoms with Crippen molar-refractivity contribution in [2.75, 3.05) is 44.2 Å². The van der Waals surface area contributed by atoms with E-state index in [0.29, 0.717) is 23.5 Å². The summed E-state index contributed by atoms with van der Waals surface area (Å²) >= 11 is 3.74. The van der Waals surface area contributed by atoms with E-state index in [1.807, 2.05) is 41.7 Å². The van der Waals surface area contributed by atoms with Gasteiger partial charge in [0, 0.05) is 36.1 Å². The monoisotopic (exact) mass is 520 g/mol. The number of benzene rings is 2. The number of Topliss-reactive ketones (excluding diaryl/α,β-unsaturated/α-hetero) is 1. The number of hydrogen-bond acceptors (Lipinski definition) is 6. The molecule has 0 unspecified atom stereocenters. The van der Waals surface area contributed by atoms with Crippen molar-refractivity contribution in [2.24, 2.45) is 5.92 Å². The highest BCUT2D eigenvalue weighted by Gasteiger charge is 2.48. The van der Waals surface area contributed by atoms with Crippen LogP contribution in [0.2, 0.25) is 0 Å². The third-order valence-corrected chi connectivity index (χ3v) is 12.3. The van der Waals surface area contributed by atoms with Crippen molar-refractivity contribution in [3.8, 4) is 0 Å². The van der Waals surface area contributed by atoms with Crippen LogP contribution in [0.5, 0.6) is 0 Å². The number of likely N-dealkylation sites (tertiary alicyclic amines) is 1. The summed E-state index contributed by atoms with van der Waals surface area (Å²) < 4.78 is 41.3. The first-order valence-corrected chi connectivity index (χ1v) is 15.2. The minimum absolute atomic E-state index is 0.0306. The van der Waals surface area contributed by atoms with Crippen molar-refractivity contribution >= 4 is 39.3 Å². The van der Waals surface area contributed by atoms with Gasteiger partial charge in [-0.1, -0.05) is 18.2 Å². The van der Waals surface area contributed by atoms with Gasteiger partial charge in [-0.25, -0.2) is 12.8 Å². The van der Waals surface area contributed by atoms with Gasteiger partial charge >= 0.3 is 0 Å². The molecule has 0 bridgehead atoms. The Kier molecular flexibility index (Phi) is 7.10. The van der Waals surface area contributed by atoms with Gasteiger partial charge in [0.25, 0.3) is 0 Å². The van der Waals surface area contributed by atoms with Crippen molar-refractivity contribution in [1.29, 1.82) is 0 Å².